The van der Waals surface area contributed by atoms with E-state index in [-0.39, 0.29) is 18.2 Å². The molecular formula is C15H21FN4O2. The summed E-state index contributed by atoms with van der Waals surface area (Å²) in [4.78, 5) is 19.4. The van der Waals surface area contributed by atoms with Crippen LogP contribution in [0.2, 0.25) is 0 Å². The van der Waals surface area contributed by atoms with Crippen molar-refractivity contribution in [1.29, 1.82) is 0 Å². The van der Waals surface area contributed by atoms with Gasteiger partial charge in [0.1, 0.15) is 5.82 Å². The topological polar surface area (TPSA) is 71.2 Å². The molecule has 2 N–H and O–H groups in total. The van der Waals surface area contributed by atoms with Crippen molar-refractivity contribution in [2.75, 3.05) is 44.7 Å². The lowest BCUT2D eigenvalue weighted by Gasteiger charge is -2.36. The number of anilines is 1. The van der Waals surface area contributed by atoms with Gasteiger partial charge in [0.05, 0.1) is 20.1 Å². The summed E-state index contributed by atoms with van der Waals surface area (Å²) in [6, 6.07) is 6.48. The zero-order chi connectivity index (χ0) is 15.9. The second kappa shape index (κ2) is 7.63. The van der Waals surface area contributed by atoms with Crippen molar-refractivity contribution in [3.63, 3.8) is 0 Å². The third-order valence-corrected chi connectivity index (χ3v) is 3.61. The molecule has 0 unspecified atom stereocenters. The fourth-order valence-corrected chi connectivity index (χ4v) is 2.31. The Bertz CT molecular complexity index is 525. The molecule has 0 spiro atoms. The molecule has 0 saturated carbocycles. The summed E-state index contributed by atoms with van der Waals surface area (Å²) in [7, 11) is 1.35. The van der Waals surface area contributed by atoms with Crippen LogP contribution in [0, 0.1) is 5.82 Å². The van der Waals surface area contributed by atoms with Crippen LogP contribution in [-0.4, -0.2) is 56.7 Å². The van der Waals surface area contributed by atoms with E-state index in [0.717, 1.165) is 31.9 Å². The lowest BCUT2D eigenvalue weighted by atomic mass is 10.2. The molecule has 0 aliphatic carbocycles. The number of hydrogen-bond acceptors (Lipinski definition) is 4. The van der Waals surface area contributed by atoms with Gasteiger partial charge in [0, 0.05) is 31.9 Å². The molecule has 0 aromatic heterocycles. The standard InChI is InChI=1S/C15H21FN4O2/c1-22-14(21)6-7-18-15(17)20-10-8-19(9-11-20)13-4-2-12(16)3-5-13/h2-5H,6-11H2,1H3,(H2,17,18). The van der Waals surface area contributed by atoms with Gasteiger partial charge in [-0.3, -0.25) is 9.79 Å². The molecule has 0 radical (unpaired) electrons. The second-order valence-electron chi connectivity index (χ2n) is 5.02. The molecule has 120 valence electrons. The molecule has 1 aromatic rings. The molecule has 1 aliphatic rings. The van der Waals surface area contributed by atoms with Gasteiger partial charge in [-0.25, -0.2) is 4.39 Å². The first-order valence-electron chi connectivity index (χ1n) is 7.22. The van der Waals surface area contributed by atoms with Crippen LogP contribution >= 0.6 is 0 Å². The highest BCUT2D eigenvalue weighted by molar-refractivity contribution is 5.79. The number of aliphatic imine (C=N–C) groups is 1. The number of carbonyl (C=O) groups excluding carboxylic acids is 1. The quantitative estimate of drug-likeness (QED) is 0.507. The average Bonchev–Trinajstić information content (AvgIpc) is 2.55. The zero-order valence-electron chi connectivity index (χ0n) is 12.7. The van der Waals surface area contributed by atoms with E-state index in [2.05, 4.69) is 14.6 Å². The Morgan fingerprint density at radius 3 is 2.50 bits per heavy atom. The second-order valence-corrected chi connectivity index (χ2v) is 5.02. The van der Waals surface area contributed by atoms with E-state index in [9.17, 15) is 9.18 Å². The SMILES string of the molecule is COC(=O)CCN=C(N)N1CCN(c2ccc(F)cc2)CC1. The predicted octanol–water partition coefficient (Wildman–Crippen LogP) is 0.825. The molecule has 0 amide bonds. The van der Waals surface area contributed by atoms with Gasteiger partial charge >= 0.3 is 5.97 Å². The fraction of sp³-hybridized carbons (Fsp3) is 0.467. The molecule has 6 nitrogen and oxygen atoms in total. The molecule has 1 saturated heterocycles. The molecule has 1 heterocycles. The number of methoxy groups -OCH3 is 1. The van der Waals surface area contributed by atoms with E-state index in [0.29, 0.717) is 12.5 Å². The number of nitrogens with two attached hydrogens (primary N) is 1. The van der Waals surface area contributed by atoms with Crippen molar-refractivity contribution in [3.8, 4) is 0 Å². The number of piperazine rings is 1. The number of hydrogen-bond donors (Lipinski definition) is 1. The maximum atomic E-state index is 12.9. The third kappa shape index (κ3) is 4.34. The highest BCUT2D eigenvalue weighted by Gasteiger charge is 2.18. The van der Waals surface area contributed by atoms with Crippen molar-refractivity contribution < 1.29 is 13.9 Å². The van der Waals surface area contributed by atoms with Crippen LogP contribution < -0.4 is 10.6 Å². The third-order valence-electron chi connectivity index (χ3n) is 3.61. The number of rotatable bonds is 4. The fourth-order valence-electron chi connectivity index (χ4n) is 2.31. The lowest BCUT2D eigenvalue weighted by molar-refractivity contribution is -0.140. The van der Waals surface area contributed by atoms with E-state index in [4.69, 9.17) is 5.73 Å². The molecule has 0 atom stereocenters. The number of ether oxygens (including phenoxy) is 1. The van der Waals surface area contributed by atoms with Gasteiger partial charge in [-0.1, -0.05) is 0 Å². The van der Waals surface area contributed by atoms with E-state index in [1.807, 2.05) is 4.90 Å². The highest BCUT2D eigenvalue weighted by atomic mass is 19.1. The summed E-state index contributed by atoms with van der Waals surface area (Å²) in [6.45, 7) is 3.39. The number of carbonyl (C=O) groups is 1. The summed E-state index contributed by atoms with van der Waals surface area (Å²) in [6.07, 6.45) is 0.229. The number of esters is 1. The largest absolute Gasteiger partial charge is 0.469 e. The highest BCUT2D eigenvalue weighted by Crippen LogP contribution is 2.16. The maximum Gasteiger partial charge on any atom is 0.307 e. The molecular weight excluding hydrogens is 287 g/mol. The first-order chi connectivity index (χ1) is 10.6. The normalized spacial score (nSPS) is 15.8. The van der Waals surface area contributed by atoms with Gasteiger partial charge in [-0.2, -0.15) is 0 Å². The monoisotopic (exact) mass is 308 g/mol. The molecule has 1 aliphatic heterocycles. The number of guanidine groups is 1. The van der Waals surface area contributed by atoms with Crippen molar-refractivity contribution >= 4 is 17.6 Å². The minimum Gasteiger partial charge on any atom is -0.469 e. The molecule has 7 heteroatoms. The van der Waals surface area contributed by atoms with Crippen LogP contribution in [0.15, 0.2) is 29.3 Å². The molecule has 1 fully saturated rings. The Morgan fingerprint density at radius 1 is 1.27 bits per heavy atom. The summed E-state index contributed by atoms with van der Waals surface area (Å²) in [5.41, 5.74) is 6.94. The van der Waals surface area contributed by atoms with Crippen LogP contribution in [0.5, 0.6) is 0 Å². The van der Waals surface area contributed by atoms with Gasteiger partial charge < -0.3 is 20.3 Å². The van der Waals surface area contributed by atoms with Crippen molar-refractivity contribution in [1.82, 2.24) is 4.90 Å². The van der Waals surface area contributed by atoms with Crippen LogP contribution in [0.25, 0.3) is 0 Å². The average molecular weight is 308 g/mol. The molecule has 2 rings (SSSR count). The zero-order valence-corrected chi connectivity index (χ0v) is 12.7. The Kier molecular flexibility index (Phi) is 5.57. The Morgan fingerprint density at radius 2 is 1.91 bits per heavy atom. The van der Waals surface area contributed by atoms with Crippen molar-refractivity contribution in [2.45, 2.75) is 6.42 Å². The molecule has 0 bridgehead atoms. The Labute approximate surface area is 129 Å². The van der Waals surface area contributed by atoms with Crippen LogP contribution in [0.1, 0.15) is 6.42 Å². The minimum absolute atomic E-state index is 0.229. The van der Waals surface area contributed by atoms with Gasteiger partial charge in [0.15, 0.2) is 5.96 Å². The van der Waals surface area contributed by atoms with Crippen molar-refractivity contribution in [3.05, 3.63) is 30.1 Å². The summed E-state index contributed by atoms with van der Waals surface area (Å²) in [5.74, 6) is -0.0790. The Balaban J connectivity index is 1.82. The Hall–Kier alpha value is -2.31. The molecule has 1 aromatic carbocycles. The first kappa shape index (κ1) is 16.1. The van der Waals surface area contributed by atoms with Crippen LogP contribution in [-0.2, 0) is 9.53 Å². The summed E-state index contributed by atoms with van der Waals surface area (Å²) in [5, 5.41) is 0. The van der Waals surface area contributed by atoms with Gasteiger partial charge in [0.2, 0.25) is 0 Å². The van der Waals surface area contributed by atoms with Gasteiger partial charge in [-0.15, -0.1) is 0 Å². The van der Waals surface area contributed by atoms with E-state index < -0.39 is 0 Å². The van der Waals surface area contributed by atoms with Gasteiger partial charge in [-0.05, 0) is 24.3 Å². The lowest BCUT2D eigenvalue weighted by Crippen LogP contribution is -2.51. The van der Waals surface area contributed by atoms with Crippen LogP contribution in [0.3, 0.4) is 0 Å². The van der Waals surface area contributed by atoms with Crippen LogP contribution in [0.4, 0.5) is 10.1 Å². The van der Waals surface area contributed by atoms with E-state index in [1.54, 1.807) is 12.1 Å². The van der Waals surface area contributed by atoms with Crippen molar-refractivity contribution in [2.24, 2.45) is 10.7 Å². The number of halogens is 1. The molecule has 22 heavy (non-hydrogen) atoms. The van der Waals surface area contributed by atoms with E-state index in [1.165, 1.54) is 19.2 Å². The first-order valence-corrected chi connectivity index (χ1v) is 7.22. The predicted molar refractivity (Wildman–Crippen MR) is 83.3 cm³/mol. The maximum absolute atomic E-state index is 12.9. The summed E-state index contributed by atoms with van der Waals surface area (Å²) < 4.78 is 17.5. The number of benzene rings is 1. The van der Waals surface area contributed by atoms with Gasteiger partial charge in [0.25, 0.3) is 0 Å². The minimum atomic E-state index is -0.294. The number of nitrogens with zero attached hydrogens (tertiary/aromatic N) is 3. The smallest absolute Gasteiger partial charge is 0.307 e. The summed E-state index contributed by atoms with van der Waals surface area (Å²) >= 11 is 0. The van der Waals surface area contributed by atoms with E-state index >= 15 is 0 Å².